The fourth-order valence-corrected chi connectivity index (χ4v) is 2.14. The van der Waals surface area contributed by atoms with Gasteiger partial charge in [0.25, 0.3) is 0 Å². The highest BCUT2D eigenvalue weighted by Gasteiger charge is 2.18. The van der Waals surface area contributed by atoms with Gasteiger partial charge in [-0.15, -0.1) is 0 Å². The molecule has 2 heteroatoms. The first kappa shape index (κ1) is 14.9. The third-order valence-electron chi connectivity index (χ3n) is 3.34. The van der Waals surface area contributed by atoms with E-state index in [0.717, 1.165) is 24.6 Å². The van der Waals surface area contributed by atoms with Crippen LogP contribution in [0.3, 0.4) is 0 Å². The molecule has 2 rings (SSSR count). The Labute approximate surface area is 111 Å². The van der Waals surface area contributed by atoms with Gasteiger partial charge in [0.05, 0.1) is 6.54 Å². The van der Waals surface area contributed by atoms with Gasteiger partial charge in [0.1, 0.15) is 0 Å². The molecular formula is C16H25NO. The fraction of sp³-hybridized carbons (Fsp3) is 0.562. The lowest BCUT2D eigenvalue weighted by atomic mass is 9.99. The molecule has 100 valence electrons. The van der Waals surface area contributed by atoms with E-state index in [4.69, 9.17) is 0 Å². The summed E-state index contributed by atoms with van der Waals surface area (Å²) in [6, 6.07) is 9.58. The topological polar surface area (TPSA) is 20.3 Å². The van der Waals surface area contributed by atoms with Crippen molar-refractivity contribution in [2.75, 3.05) is 19.6 Å². The number of hydrogen-bond acceptors (Lipinski definition) is 2. The number of piperidine rings is 1. The van der Waals surface area contributed by atoms with Crippen molar-refractivity contribution in [2.45, 2.75) is 33.6 Å². The summed E-state index contributed by atoms with van der Waals surface area (Å²) in [5.74, 6) is 1.07. The standard InChI is InChI=1S/C14H19NO.C2H6/c1-12-7-9-15(10-8-12)11-14(16)13-5-3-2-4-6-13;1-2/h2-6,12H,7-11H2,1H3;1-2H3. The zero-order chi connectivity index (χ0) is 13.4. The average molecular weight is 247 g/mol. The largest absolute Gasteiger partial charge is 0.296 e. The van der Waals surface area contributed by atoms with Crippen molar-refractivity contribution in [3.8, 4) is 0 Å². The summed E-state index contributed by atoms with van der Waals surface area (Å²) in [5, 5.41) is 0. The molecule has 0 atom stereocenters. The van der Waals surface area contributed by atoms with E-state index in [1.165, 1.54) is 12.8 Å². The van der Waals surface area contributed by atoms with E-state index in [2.05, 4.69) is 11.8 Å². The number of rotatable bonds is 3. The van der Waals surface area contributed by atoms with Crippen molar-refractivity contribution in [1.29, 1.82) is 0 Å². The number of carbonyl (C=O) groups excluding carboxylic acids is 1. The summed E-state index contributed by atoms with van der Waals surface area (Å²) < 4.78 is 0. The van der Waals surface area contributed by atoms with Crippen LogP contribution in [0.4, 0.5) is 0 Å². The van der Waals surface area contributed by atoms with E-state index in [1.807, 2.05) is 44.2 Å². The molecule has 1 aromatic carbocycles. The Morgan fingerprint density at radius 2 is 1.72 bits per heavy atom. The van der Waals surface area contributed by atoms with Crippen molar-refractivity contribution >= 4 is 5.78 Å². The highest BCUT2D eigenvalue weighted by atomic mass is 16.1. The second-order valence-corrected chi connectivity index (χ2v) is 4.75. The number of nitrogens with zero attached hydrogens (tertiary/aromatic N) is 1. The van der Waals surface area contributed by atoms with E-state index in [0.29, 0.717) is 6.54 Å². The summed E-state index contributed by atoms with van der Waals surface area (Å²) in [7, 11) is 0. The minimum absolute atomic E-state index is 0.246. The molecule has 0 aliphatic carbocycles. The molecule has 0 saturated carbocycles. The summed E-state index contributed by atoms with van der Waals surface area (Å²) in [5.41, 5.74) is 0.834. The Balaban J connectivity index is 0.000000771. The van der Waals surface area contributed by atoms with E-state index in [-0.39, 0.29) is 5.78 Å². The van der Waals surface area contributed by atoms with Gasteiger partial charge in [-0.05, 0) is 31.8 Å². The van der Waals surface area contributed by atoms with Crippen LogP contribution >= 0.6 is 0 Å². The molecule has 0 spiro atoms. The highest BCUT2D eigenvalue weighted by molar-refractivity contribution is 5.97. The summed E-state index contributed by atoms with van der Waals surface area (Å²) in [6.07, 6.45) is 2.45. The lowest BCUT2D eigenvalue weighted by molar-refractivity contribution is 0.0900. The maximum Gasteiger partial charge on any atom is 0.176 e. The van der Waals surface area contributed by atoms with Gasteiger partial charge in [-0.25, -0.2) is 0 Å². The average Bonchev–Trinajstić information content (AvgIpc) is 2.44. The second kappa shape index (κ2) is 8.04. The van der Waals surface area contributed by atoms with E-state index >= 15 is 0 Å². The van der Waals surface area contributed by atoms with Gasteiger partial charge in [0.15, 0.2) is 5.78 Å². The minimum Gasteiger partial charge on any atom is -0.296 e. The molecule has 0 aromatic heterocycles. The van der Waals surface area contributed by atoms with Gasteiger partial charge in [0.2, 0.25) is 0 Å². The van der Waals surface area contributed by atoms with Crippen LogP contribution in [-0.4, -0.2) is 30.3 Å². The first-order valence-electron chi connectivity index (χ1n) is 7.06. The molecule has 1 aliphatic heterocycles. The van der Waals surface area contributed by atoms with E-state index in [9.17, 15) is 4.79 Å². The third kappa shape index (κ3) is 4.61. The van der Waals surface area contributed by atoms with Gasteiger partial charge in [-0.1, -0.05) is 51.1 Å². The number of carbonyl (C=O) groups is 1. The van der Waals surface area contributed by atoms with Gasteiger partial charge in [-0.2, -0.15) is 0 Å². The van der Waals surface area contributed by atoms with Crippen LogP contribution in [0.25, 0.3) is 0 Å². The smallest absolute Gasteiger partial charge is 0.176 e. The molecule has 1 aromatic rings. The monoisotopic (exact) mass is 247 g/mol. The van der Waals surface area contributed by atoms with Crippen LogP contribution in [0.1, 0.15) is 44.0 Å². The number of ketones is 1. The van der Waals surface area contributed by atoms with Gasteiger partial charge in [0, 0.05) is 5.56 Å². The van der Waals surface area contributed by atoms with Gasteiger partial charge >= 0.3 is 0 Å². The molecule has 0 N–H and O–H groups in total. The second-order valence-electron chi connectivity index (χ2n) is 4.75. The van der Waals surface area contributed by atoms with Crippen LogP contribution in [0, 0.1) is 5.92 Å². The number of Topliss-reactive ketones (excluding diaryl/α,β-unsaturated/α-hetero) is 1. The van der Waals surface area contributed by atoms with Crippen molar-refractivity contribution in [1.82, 2.24) is 4.90 Å². The Morgan fingerprint density at radius 1 is 1.17 bits per heavy atom. The Hall–Kier alpha value is -1.15. The molecule has 0 bridgehead atoms. The van der Waals surface area contributed by atoms with Crippen LogP contribution in [-0.2, 0) is 0 Å². The molecule has 1 aliphatic rings. The van der Waals surface area contributed by atoms with Gasteiger partial charge < -0.3 is 0 Å². The molecule has 18 heavy (non-hydrogen) atoms. The highest BCUT2D eigenvalue weighted by Crippen LogP contribution is 2.16. The van der Waals surface area contributed by atoms with Crippen molar-refractivity contribution in [3.63, 3.8) is 0 Å². The Morgan fingerprint density at radius 3 is 2.28 bits per heavy atom. The molecule has 2 nitrogen and oxygen atoms in total. The van der Waals surface area contributed by atoms with Crippen molar-refractivity contribution < 1.29 is 4.79 Å². The normalized spacial score (nSPS) is 16.8. The van der Waals surface area contributed by atoms with Crippen LogP contribution in [0.5, 0.6) is 0 Å². The van der Waals surface area contributed by atoms with Crippen LogP contribution in [0.15, 0.2) is 30.3 Å². The van der Waals surface area contributed by atoms with Crippen LogP contribution in [0.2, 0.25) is 0 Å². The number of hydrogen-bond donors (Lipinski definition) is 0. The lowest BCUT2D eigenvalue weighted by Crippen LogP contribution is -2.36. The zero-order valence-electron chi connectivity index (χ0n) is 11.9. The Kier molecular flexibility index (Phi) is 6.66. The summed E-state index contributed by atoms with van der Waals surface area (Å²) in [6.45, 7) is 9.01. The predicted octanol–water partition coefficient (Wildman–Crippen LogP) is 3.63. The molecule has 1 saturated heterocycles. The summed E-state index contributed by atoms with van der Waals surface area (Å²) >= 11 is 0. The SMILES string of the molecule is CC.CC1CCN(CC(=O)c2ccccc2)CC1. The predicted molar refractivity (Wildman–Crippen MR) is 77.0 cm³/mol. The molecular weight excluding hydrogens is 222 g/mol. The minimum atomic E-state index is 0.246. The third-order valence-corrected chi connectivity index (χ3v) is 3.34. The Bertz CT molecular complexity index is 339. The molecule has 0 amide bonds. The lowest BCUT2D eigenvalue weighted by Gasteiger charge is -2.29. The quantitative estimate of drug-likeness (QED) is 0.760. The first-order valence-corrected chi connectivity index (χ1v) is 7.06. The number of benzene rings is 1. The zero-order valence-corrected chi connectivity index (χ0v) is 11.9. The summed E-state index contributed by atoms with van der Waals surface area (Å²) in [4.78, 5) is 14.2. The molecule has 1 fully saturated rings. The van der Waals surface area contributed by atoms with Crippen molar-refractivity contribution in [2.24, 2.45) is 5.92 Å². The molecule has 0 unspecified atom stereocenters. The van der Waals surface area contributed by atoms with E-state index in [1.54, 1.807) is 0 Å². The van der Waals surface area contributed by atoms with Crippen LogP contribution < -0.4 is 0 Å². The first-order chi connectivity index (χ1) is 8.75. The molecule has 0 radical (unpaired) electrons. The maximum atomic E-state index is 12.0. The van der Waals surface area contributed by atoms with Gasteiger partial charge in [-0.3, -0.25) is 9.69 Å². The van der Waals surface area contributed by atoms with E-state index < -0.39 is 0 Å². The number of likely N-dealkylation sites (tertiary alicyclic amines) is 1. The maximum absolute atomic E-state index is 12.0. The fourth-order valence-electron chi connectivity index (χ4n) is 2.14. The molecule has 1 heterocycles. The van der Waals surface area contributed by atoms with Crippen molar-refractivity contribution in [3.05, 3.63) is 35.9 Å².